The molecule has 0 aliphatic heterocycles. The Labute approximate surface area is 135 Å². The van der Waals surface area contributed by atoms with E-state index in [0.29, 0.717) is 4.31 Å². The molecule has 1 aromatic carbocycles. The molecule has 2 rings (SSSR count). The summed E-state index contributed by atoms with van der Waals surface area (Å²) in [6.45, 7) is 0.550. The zero-order valence-electron chi connectivity index (χ0n) is 11.9. The summed E-state index contributed by atoms with van der Waals surface area (Å²) in [5, 5.41) is 21.6. The highest BCUT2D eigenvalue weighted by molar-refractivity contribution is 7.94. The predicted molar refractivity (Wildman–Crippen MR) is 84.3 cm³/mol. The van der Waals surface area contributed by atoms with Crippen molar-refractivity contribution < 1.29 is 23.2 Å². The normalized spacial score (nSPS) is 11.2. The summed E-state index contributed by atoms with van der Waals surface area (Å²) in [5.74, 6) is -1.36. The molecule has 1 aromatic heterocycles. The van der Waals surface area contributed by atoms with E-state index in [2.05, 4.69) is 0 Å². The zero-order chi connectivity index (χ0) is 17.2. The Bertz CT molecular complexity index is 845. The zero-order valence-corrected chi connectivity index (χ0v) is 13.5. The van der Waals surface area contributed by atoms with Crippen molar-refractivity contribution in [2.24, 2.45) is 0 Å². The molecular formula is C13H12N2O6S2. The van der Waals surface area contributed by atoms with E-state index in [1.54, 1.807) is 5.38 Å². The summed E-state index contributed by atoms with van der Waals surface area (Å²) in [6.07, 6.45) is 0. The number of carbonyl (C=O) groups is 1. The second kappa shape index (κ2) is 6.34. The smallest absolute Gasteiger partial charge is 0.324 e. The fraction of sp³-hybridized carbons (Fsp3) is 0.154. The van der Waals surface area contributed by atoms with Crippen LogP contribution in [0.15, 0.2) is 39.9 Å². The van der Waals surface area contributed by atoms with Gasteiger partial charge < -0.3 is 5.11 Å². The predicted octanol–water partition coefficient (Wildman–Crippen LogP) is 2.24. The van der Waals surface area contributed by atoms with Crippen LogP contribution in [0.2, 0.25) is 0 Å². The lowest BCUT2D eigenvalue weighted by Crippen LogP contribution is -2.35. The van der Waals surface area contributed by atoms with Gasteiger partial charge >= 0.3 is 5.97 Å². The Morgan fingerprint density at radius 1 is 1.35 bits per heavy atom. The lowest BCUT2D eigenvalue weighted by Gasteiger charge is -2.23. The van der Waals surface area contributed by atoms with Gasteiger partial charge in [-0.25, -0.2) is 8.42 Å². The van der Waals surface area contributed by atoms with Crippen LogP contribution in [-0.4, -0.2) is 31.0 Å². The van der Waals surface area contributed by atoms with Crippen LogP contribution in [0.5, 0.6) is 0 Å². The van der Waals surface area contributed by atoms with Crippen molar-refractivity contribution in [1.29, 1.82) is 0 Å². The first-order valence-corrected chi connectivity index (χ1v) is 8.59. The number of rotatable bonds is 6. The van der Waals surface area contributed by atoms with Crippen molar-refractivity contribution in [2.45, 2.75) is 11.1 Å². The molecule has 10 heteroatoms. The van der Waals surface area contributed by atoms with Crippen LogP contribution in [0.3, 0.4) is 0 Å². The molecule has 0 amide bonds. The molecule has 1 N–H and O–H groups in total. The van der Waals surface area contributed by atoms with Crippen LogP contribution in [0, 0.1) is 17.0 Å². The standard InChI is InChI=1S/C13H12N2O6S2/c1-9-10(4-2-5-11(9)15(18)19)14(8-12(16)17)23(20,21)13-6-3-7-22-13/h2-7H,8H2,1H3,(H,16,17). The van der Waals surface area contributed by atoms with E-state index in [-0.39, 0.29) is 21.1 Å². The van der Waals surface area contributed by atoms with Gasteiger partial charge in [0.2, 0.25) is 0 Å². The van der Waals surface area contributed by atoms with Gasteiger partial charge in [0, 0.05) is 6.07 Å². The molecule has 0 spiro atoms. The Balaban J connectivity index is 2.64. The van der Waals surface area contributed by atoms with Crippen molar-refractivity contribution in [3.63, 3.8) is 0 Å². The van der Waals surface area contributed by atoms with Crippen LogP contribution in [0.4, 0.5) is 11.4 Å². The summed E-state index contributed by atoms with van der Waals surface area (Å²) in [5.41, 5.74) is -0.229. The topological polar surface area (TPSA) is 118 Å². The Kier molecular flexibility index (Phi) is 4.66. The highest BCUT2D eigenvalue weighted by Crippen LogP contribution is 2.32. The number of carboxylic acid groups (broad SMARTS) is 1. The molecule has 2 aromatic rings. The number of nitro benzene ring substituents is 1. The average molecular weight is 356 g/mol. The molecular weight excluding hydrogens is 344 g/mol. The van der Waals surface area contributed by atoms with Crippen LogP contribution in [0.1, 0.15) is 5.56 Å². The van der Waals surface area contributed by atoms with E-state index in [4.69, 9.17) is 5.11 Å². The number of hydrogen-bond donors (Lipinski definition) is 1. The van der Waals surface area contributed by atoms with Gasteiger partial charge in [-0.15, -0.1) is 11.3 Å². The SMILES string of the molecule is Cc1c(N(CC(=O)O)S(=O)(=O)c2cccs2)cccc1[N+](=O)[O-]. The molecule has 0 saturated carbocycles. The second-order valence-electron chi connectivity index (χ2n) is 4.52. The van der Waals surface area contributed by atoms with Crippen molar-refractivity contribution in [3.05, 3.63) is 51.4 Å². The molecule has 0 radical (unpaired) electrons. The summed E-state index contributed by atoms with van der Waals surface area (Å²) >= 11 is 0.940. The number of anilines is 1. The Morgan fingerprint density at radius 2 is 2.04 bits per heavy atom. The van der Waals surface area contributed by atoms with Crippen molar-refractivity contribution in [2.75, 3.05) is 10.8 Å². The van der Waals surface area contributed by atoms with E-state index in [0.717, 1.165) is 11.3 Å². The Hall–Kier alpha value is -2.46. The Morgan fingerprint density at radius 3 is 2.57 bits per heavy atom. The number of hydrogen-bond acceptors (Lipinski definition) is 6. The molecule has 0 bridgehead atoms. The van der Waals surface area contributed by atoms with Gasteiger partial charge in [-0.2, -0.15) is 0 Å². The van der Waals surface area contributed by atoms with Gasteiger partial charge in [-0.1, -0.05) is 12.1 Å². The molecule has 0 aliphatic carbocycles. The van der Waals surface area contributed by atoms with E-state index >= 15 is 0 Å². The van der Waals surface area contributed by atoms with Crippen molar-refractivity contribution >= 4 is 38.7 Å². The highest BCUT2D eigenvalue weighted by Gasteiger charge is 2.30. The number of nitrogens with zero attached hydrogens (tertiary/aromatic N) is 2. The van der Waals surface area contributed by atoms with Gasteiger partial charge in [0.05, 0.1) is 16.2 Å². The molecule has 0 aliphatic rings. The minimum atomic E-state index is -4.12. The average Bonchev–Trinajstić information content (AvgIpc) is 2.99. The molecule has 0 fully saturated rings. The van der Waals surface area contributed by atoms with Crippen LogP contribution >= 0.6 is 11.3 Å². The molecule has 0 saturated heterocycles. The molecule has 23 heavy (non-hydrogen) atoms. The molecule has 1 heterocycles. The first-order chi connectivity index (χ1) is 10.7. The first kappa shape index (κ1) is 16.9. The number of nitro groups is 1. The van der Waals surface area contributed by atoms with Gasteiger partial charge in [-0.3, -0.25) is 19.2 Å². The number of thiophene rings is 1. The van der Waals surface area contributed by atoms with Gasteiger partial charge in [0.25, 0.3) is 15.7 Å². The van der Waals surface area contributed by atoms with Gasteiger partial charge in [0.1, 0.15) is 10.8 Å². The second-order valence-corrected chi connectivity index (χ2v) is 7.55. The third-order valence-corrected chi connectivity index (χ3v) is 6.19. The monoisotopic (exact) mass is 356 g/mol. The van der Waals surface area contributed by atoms with Crippen molar-refractivity contribution in [1.82, 2.24) is 0 Å². The number of carboxylic acids is 1. The molecule has 0 atom stereocenters. The van der Waals surface area contributed by atoms with Crippen LogP contribution in [-0.2, 0) is 14.8 Å². The van der Waals surface area contributed by atoms with Crippen LogP contribution in [0.25, 0.3) is 0 Å². The fourth-order valence-electron chi connectivity index (χ4n) is 2.02. The van der Waals surface area contributed by atoms with E-state index in [1.165, 1.54) is 37.3 Å². The largest absolute Gasteiger partial charge is 0.480 e. The molecule has 8 nitrogen and oxygen atoms in total. The lowest BCUT2D eigenvalue weighted by atomic mass is 10.1. The van der Waals surface area contributed by atoms with Crippen molar-refractivity contribution in [3.8, 4) is 0 Å². The molecule has 0 unspecified atom stereocenters. The van der Waals surface area contributed by atoms with E-state index in [1.807, 2.05) is 0 Å². The summed E-state index contributed by atoms with van der Waals surface area (Å²) in [4.78, 5) is 21.5. The quantitative estimate of drug-likeness (QED) is 0.626. The molecule has 122 valence electrons. The lowest BCUT2D eigenvalue weighted by molar-refractivity contribution is -0.385. The minimum absolute atomic E-state index is 0.0324. The van der Waals surface area contributed by atoms with Gasteiger partial charge in [0.15, 0.2) is 0 Å². The number of benzene rings is 1. The maximum atomic E-state index is 12.7. The summed E-state index contributed by atoms with van der Waals surface area (Å²) in [6, 6.07) is 6.77. The number of aliphatic carboxylic acids is 1. The minimum Gasteiger partial charge on any atom is -0.480 e. The van der Waals surface area contributed by atoms with Crippen LogP contribution < -0.4 is 4.31 Å². The third kappa shape index (κ3) is 3.32. The highest BCUT2D eigenvalue weighted by atomic mass is 32.2. The van der Waals surface area contributed by atoms with Gasteiger partial charge in [-0.05, 0) is 24.4 Å². The maximum Gasteiger partial charge on any atom is 0.324 e. The van der Waals surface area contributed by atoms with E-state index in [9.17, 15) is 23.3 Å². The number of sulfonamides is 1. The summed E-state index contributed by atoms with van der Waals surface area (Å²) < 4.78 is 26.0. The fourth-order valence-corrected chi connectivity index (χ4v) is 4.60. The summed E-state index contributed by atoms with van der Waals surface area (Å²) in [7, 11) is -4.12. The first-order valence-electron chi connectivity index (χ1n) is 6.27. The van der Waals surface area contributed by atoms with E-state index < -0.39 is 27.5 Å². The maximum absolute atomic E-state index is 12.7. The third-order valence-electron chi connectivity index (χ3n) is 3.06.